The predicted molar refractivity (Wildman–Crippen MR) is 80.7 cm³/mol. The van der Waals surface area contributed by atoms with E-state index in [0.29, 0.717) is 11.3 Å². The molecule has 1 rings (SSSR count). The zero-order valence-electron chi connectivity index (χ0n) is 11.7. The Bertz CT molecular complexity index is 521. The van der Waals surface area contributed by atoms with Crippen LogP contribution in [0.15, 0.2) is 30.3 Å². The van der Waals surface area contributed by atoms with Gasteiger partial charge in [0.15, 0.2) is 5.54 Å². The third-order valence-electron chi connectivity index (χ3n) is 2.89. The van der Waals surface area contributed by atoms with E-state index in [0.717, 1.165) is 0 Å². The molecule has 0 fully saturated rings. The van der Waals surface area contributed by atoms with Crippen LogP contribution < -0.4 is 11.1 Å². The summed E-state index contributed by atoms with van der Waals surface area (Å²) in [6.07, 6.45) is 0.119. The van der Waals surface area contributed by atoms with Gasteiger partial charge in [-0.3, -0.25) is 9.59 Å². The Balaban J connectivity index is 2.65. The first-order valence-corrected chi connectivity index (χ1v) is 7.47. The number of benzene rings is 1. The second-order valence-electron chi connectivity index (χ2n) is 4.61. The van der Waals surface area contributed by atoms with Gasteiger partial charge >= 0.3 is 5.97 Å². The fraction of sp³-hybridized carbons (Fsp3) is 0.357. The quantitative estimate of drug-likeness (QED) is 0.613. The molecule has 6 nitrogen and oxygen atoms in total. The van der Waals surface area contributed by atoms with Crippen LogP contribution in [-0.2, 0) is 19.9 Å². The van der Waals surface area contributed by atoms with Crippen molar-refractivity contribution in [1.82, 2.24) is 5.32 Å². The molecule has 0 spiro atoms. The molecular weight excluding hydrogens is 292 g/mol. The van der Waals surface area contributed by atoms with Gasteiger partial charge in [0.05, 0.1) is 5.75 Å². The van der Waals surface area contributed by atoms with Gasteiger partial charge < -0.3 is 16.2 Å². The van der Waals surface area contributed by atoms with Crippen molar-refractivity contribution in [2.45, 2.75) is 18.9 Å². The van der Waals surface area contributed by atoms with Gasteiger partial charge in [0, 0.05) is 12.2 Å². The number of hydrogen-bond acceptors (Lipinski definition) is 4. The van der Waals surface area contributed by atoms with Crippen LogP contribution in [0.3, 0.4) is 0 Å². The largest absolute Gasteiger partial charge is 0.479 e. The van der Waals surface area contributed by atoms with Gasteiger partial charge in [-0.2, -0.15) is 11.8 Å². The Morgan fingerprint density at radius 2 is 1.90 bits per heavy atom. The fourth-order valence-corrected chi connectivity index (χ4v) is 2.37. The number of carboxylic acids is 1. The number of carboxylic acid groups (broad SMARTS) is 1. The van der Waals surface area contributed by atoms with E-state index in [9.17, 15) is 19.5 Å². The molecule has 2 amide bonds. The summed E-state index contributed by atoms with van der Waals surface area (Å²) >= 11 is 1.24. The summed E-state index contributed by atoms with van der Waals surface area (Å²) in [6.45, 7) is 1.44. The highest BCUT2D eigenvalue weighted by molar-refractivity contribution is 7.99. The fourth-order valence-electron chi connectivity index (χ4n) is 1.70. The summed E-state index contributed by atoms with van der Waals surface area (Å²) < 4.78 is 0. The van der Waals surface area contributed by atoms with Crippen LogP contribution in [0.4, 0.5) is 0 Å². The van der Waals surface area contributed by atoms with Gasteiger partial charge in [0.25, 0.3) is 0 Å². The molecule has 1 atom stereocenters. The minimum Gasteiger partial charge on any atom is -0.479 e. The number of primary amides is 1. The SMILES string of the molecule is CC(NC(=O)CCSCC(N)=O)(C(=O)O)c1ccccc1. The molecule has 21 heavy (non-hydrogen) atoms. The lowest BCUT2D eigenvalue weighted by Crippen LogP contribution is -2.49. The van der Waals surface area contributed by atoms with Crippen molar-refractivity contribution in [3.8, 4) is 0 Å². The van der Waals surface area contributed by atoms with E-state index >= 15 is 0 Å². The molecule has 1 aromatic carbocycles. The predicted octanol–water partition coefficient (Wildman–Crippen LogP) is 0.711. The molecule has 0 saturated heterocycles. The maximum atomic E-state index is 11.9. The summed E-state index contributed by atoms with van der Waals surface area (Å²) in [5.74, 6) is -1.42. The molecule has 0 aliphatic rings. The summed E-state index contributed by atoms with van der Waals surface area (Å²) in [5.41, 5.74) is 4.01. The van der Waals surface area contributed by atoms with Gasteiger partial charge in [-0.25, -0.2) is 4.79 Å². The molecule has 0 heterocycles. The number of aliphatic carboxylic acids is 1. The molecule has 0 aliphatic heterocycles. The lowest BCUT2D eigenvalue weighted by Gasteiger charge is -2.26. The van der Waals surface area contributed by atoms with Crippen LogP contribution in [0.1, 0.15) is 18.9 Å². The number of carbonyl (C=O) groups is 3. The van der Waals surface area contributed by atoms with Crippen molar-refractivity contribution in [1.29, 1.82) is 0 Å². The first-order valence-electron chi connectivity index (χ1n) is 6.32. The third-order valence-corrected chi connectivity index (χ3v) is 3.87. The number of nitrogens with two attached hydrogens (primary N) is 1. The summed E-state index contributed by atoms with van der Waals surface area (Å²) in [7, 11) is 0. The van der Waals surface area contributed by atoms with Crippen LogP contribution >= 0.6 is 11.8 Å². The van der Waals surface area contributed by atoms with Gasteiger partial charge in [0.2, 0.25) is 11.8 Å². The second-order valence-corrected chi connectivity index (χ2v) is 5.72. The summed E-state index contributed by atoms with van der Waals surface area (Å²) in [6, 6.07) is 8.50. The molecule has 114 valence electrons. The Morgan fingerprint density at radius 3 is 2.43 bits per heavy atom. The highest BCUT2D eigenvalue weighted by atomic mass is 32.2. The smallest absolute Gasteiger partial charge is 0.333 e. The molecule has 4 N–H and O–H groups in total. The number of carbonyl (C=O) groups excluding carboxylic acids is 2. The molecule has 0 aliphatic carbocycles. The number of amides is 2. The van der Waals surface area contributed by atoms with Gasteiger partial charge in [-0.05, 0) is 12.5 Å². The number of hydrogen-bond donors (Lipinski definition) is 3. The Hall–Kier alpha value is -2.02. The van der Waals surface area contributed by atoms with Crippen LogP contribution in [-0.4, -0.2) is 34.4 Å². The van der Waals surface area contributed by atoms with E-state index in [1.54, 1.807) is 30.3 Å². The number of thioether (sulfide) groups is 1. The Morgan fingerprint density at radius 1 is 1.29 bits per heavy atom. The second kappa shape index (κ2) is 7.68. The van der Waals surface area contributed by atoms with Crippen molar-refractivity contribution in [3.63, 3.8) is 0 Å². The highest BCUT2D eigenvalue weighted by Gasteiger charge is 2.36. The summed E-state index contributed by atoms with van der Waals surface area (Å²) in [4.78, 5) is 33.9. The molecule has 1 aromatic rings. The topological polar surface area (TPSA) is 109 Å². The van der Waals surface area contributed by atoms with Crippen LogP contribution in [0.2, 0.25) is 0 Å². The zero-order valence-corrected chi connectivity index (χ0v) is 12.5. The van der Waals surface area contributed by atoms with E-state index in [4.69, 9.17) is 5.73 Å². The molecule has 0 saturated carbocycles. The van der Waals surface area contributed by atoms with Gasteiger partial charge in [-0.15, -0.1) is 0 Å². The van der Waals surface area contributed by atoms with Crippen LogP contribution in [0.25, 0.3) is 0 Å². The number of rotatable bonds is 8. The molecule has 1 unspecified atom stereocenters. The van der Waals surface area contributed by atoms with Crippen molar-refractivity contribution in [2.24, 2.45) is 5.73 Å². The maximum absolute atomic E-state index is 11.9. The molecular formula is C14H18N2O4S. The minimum absolute atomic E-state index is 0.119. The van der Waals surface area contributed by atoms with Crippen molar-refractivity contribution in [2.75, 3.05) is 11.5 Å². The summed E-state index contributed by atoms with van der Waals surface area (Å²) in [5, 5.41) is 11.9. The van der Waals surface area contributed by atoms with Gasteiger partial charge in [0.1, 0.15) is 0 Å². The monoisotopic (exact) mass is 310 g/mol. The number of nitrogens with one attached hydrogen (secondary N) is 1. The normalized spacial score (nSPS) is 13.2. The van der Waals surface area contributed by atoms with E-state index in [1.165, 1.54) is 18.7 Å². The van der Waals surface area contributed by atoms with E-state index in [-0.39, 0.29) is 18.1 Å². The molecule has 0 bridgehead atoms. The maximum Gasteiger partial charge on any atom is 0.333 e. The lowest BCUT2D eigenvalue weighted by molar-refractivity contribution is -0.147. The highest BCUT2D eigenvalue weighted by Crippen LogP contribution is 2.21. The third kappa shape index (κ3) is 5.11. The Labute approximate surface area is 127 Å². The first-order chi connectivity index (χ1) is 9.86. The average molecular weight is 310 g/mol. The first kappa shape index (κ1) is 17.0. The minimum atomic E-state index is -1.48. The standard InChI is InChI=1S/C14H18N2O4S/c1-14(13(19)20,10-5-3-2-4-6-10)16-12(18)7-8-21-9-11(15)17/h2-6H,7-9H2,1H3,(H2,15,17)(H,16,18)(H,19,20). The van der Waals surface area contributed by atoms with Crippen molar-refractivity contribution < 1.29 is 19.5 Å². The van der Waals surface area contributed by atoms with E-state index in [2.05, 4.69) is 5.32 Å². The van der Waals surface area contributed by atoms with Crippen molar-refractivity contribution >= 4 is 29.5 Å². The molecule has 0 aromatic heterocycles. The van der Waals surface area contributed by atoms with Crippen LogP contribution in [0.5, 0.6) is 0 Å². The van der Waals surface area contributed by atoms with E-state index in [1.807, 2.05) is 0 Å². The molecule has 0 radical (unpaired) electrons. The van der Waals surface area contributed by atoms with Gasteiger partial charge in [-0.1, -0.05) is 30.3 Å². The Kier molecular flexibility index (Phi) is 6.23. The molecule has 7 heteroatoms. The van der Waals surface area contributed by atoms with Crippen LogP contribution in [0, 0.1) is 0 Å². The lowest BCUT2D eigenvalue weighted by atomic mass is 9.92. The zero-order chi connectivity index (χ0) is 15.9. The average Bonchev–Trinajstić information content (AvgIpc) is 2.44. The van der Waals surface area contributed by atoms with Crippen molar-refractivity contribution in [3.05, 3.63) is 35.9 Å². The van der Waals surface area contributed by atoms with E-state index < -0.39 is 17.4 Å².